The molecule has 0 aliphatic heterocycles. The number of carbonyl (C=O) groups is 2. The topological polar surface area (TPSA) is 58.6 Å². The maximum atomic E-state index is 12.1. The van der Waals surface area contributed by atoms with Gasteiger partial charge in [-0.1, -0.05) is 46.9 Å². The third-order valence-corrected chi connectivity index (χ3v) is 4.64. The molecule has 5 nitrogen and oxygen atoms in total. The van der Waals surface area contributed by atoms with E-state index in [0.717, 1.165) is 11.3 Å². The van der Waals surface area contributed by atoms with Gasteiger partial charge in [0.25, 0.3) is 5.91 Å². The predicted octanol–water partition coefficient (Wildman–Crippen LogP) is 4.19. The molecular formula is C18H17Cl3N2O3. The Morgan fingerprint density at radius 1 is 1.00 bits per heavy atom. The highest BCUT2D eigenvalue weighted by molar-refractivity contribution is 6.46. The number of halogens is 3. The Morgan fingerprint density at radius 3 is 2.23 bits per heavy atom. The number of rotatable bonds is 6. The number of hydrogen-bond donors (Lipinski definition) is 1. The lowest BCUT2D eigenvalue weighted by Gasteiger charge is -2.13. The molecule has 2 aromatic carbocycles. The van der Waals surface area contributed by atoms with E-state index in [0.29, 0.717) is 6.54 Å². The molecule has 0 aliphatic carbocycles. The number of esters is 1. The molecule has 0 aromatic heterocycles. The summed E-state index contributed by atoms with van der Waals surface area (Å²) in [6.45, 7) is -0.128. The Hall–Kier alpha value is -1.95. The fraction of sp³-hybridized carbons (Fsp3) is 0.222. The van der Waals surface area contributed by atoms with Crippen LogP contribution in [0.4, 0.5) is 5.69 Å². The number of benzene rings is 2. The average molecular weight is 416 g/mol. The number of hydrogen-bond acceptors (Lipinski definition) is 4. The van der Waals surface area contributed by atoms with E-state index in [1.165, 1.54) is 12.1 Å². The molecule has 1 N–H and O–H groups in total. The van der Waals surface area contributed by atoms with Crippen LogP contribution in [0.2, 0.25) is 15.1 Å². The van der Waals surface area contributed by atoms with Crippen LogP contribution in [0.25, 0.3) is 0 Å². The van der Waals surface area contributed by atoms with Gasteiger partial charge in [-0.2, -0.15) is 0 Å². The zero-order valence-corrected chi connectivity index (χ0v) is 16.5. The minimum absolute atomic E-state index is 0.00874. The summed E-state index contributed by atoms with van der Waals surface area (Å²) >= 11 is 17.8. The fourth-order valence-corrected chi connectivity index (χ4v) is 2.76. The Balaban J connectivity index is 1.87. The number of amides is 1. The van der Waals surface area contributed by atoms with Gasteiger partial charge >= 0.3 is 5.97 Å². The third-order valence-electron chi connectivity index (χ3n) is 3.52. The largest absolute Gasteiger partial charge is 0.452 e. The van der Waals surface area contributed by atoms with Crippen LogP contribution in [0.5, 0.6) is 0 Å². The minimum Gasteiger partial charge on any atom is -0.452 e. The highest BCUT2D eigenvalue weighted by Gasteiger charge is 2.19. The number of nitrogens with zero attached hydrogens (tertiary/aromatic N) is 1. The van der Waals surface area contributed by atoms with Crippen molar-refractivity contribution in [3.8, 4) is 0 Å². The van der Waals surface area contributed by atoms with Crippen LogP contribution < -0.4 is 10.2 Å². The van der Waals surface area contributed by atoms with Gasteiger partial charge in [0.15, 0.2) is 6.61 Å². The number of ether oxygens (including phenoxy) is 1. The van der Waals surface area contributed by atoms with Gasteiger partial charge in [-0.05, 0) is 29.8 Å². The zero-order chi connectivity index (χ0) is 19.3. The van der Waals surface area contributed by atoms with Gasteiger partial charge in [-0.3, -0.25) is 4.79 Å². The molecule has 8 heteroatoms. The summed E-state index contributed by atoms with van der Waals surface area (Å²) < 4.78 is 4.96. The van der Waals surface area contributed by atoms with Gasteiger partial charge in [-0.25, -0.2) is 4.79 Å². The average Bonchev–Trinajstić information content (AvgIpc) is 2.62. The molecule has 0 bridgehead atoms. The van der Waals surface area contributed by atoms with E-state index in [9.17, 15) is 9.59 Å². The minimum atomic E-state index is -0.812. The van der Waals surface area contributed by atoms with E-state index in [2.05, 4.69) is 5.32 Å². The molecule has 0 radical (unpaired) electrons. The first-order valence-corrected chi connectivity index (χ1v) is 8.76. The standard InChI is InChI=1S/C18H17Cl3N2O3/c1-23(2)12-5-3-11(4-6-12)9-22-15(24)10-26-18(25)16-13(19)7-8-14(20)17(16)21/h3-8H,9-10H2,1-2H3,(H,22,24). The van der Waals surface area contributed by atoms with Gasteiger partial charge in [0, 0.05) is 26.3 Å². The fourth-order valence-electron chi connectivity index (χ4n) is 2.08. The van der Waals surface area contributed by atoms with E-state index in [-0.39, 0.29) is 20.6 Å². The summed E-state index contributed by atoms with van der Waals surface area (Å²) in [5, 5.41) is 2.94. The lowest BCUT2D eigenvalue weighted by molar-refractivity contribution is -0.124. The second kappa shape index (κ2) is 9.12. The van der Waals surface area contributed by atoms with Crippen molar-refractivity contribution in [2.24, 2.45) is 0 Å². The summed E-state index contributed by atoms with van der Waals surface area (Å²) in [6.07, 6.45) is 0. The number of nitrogens with one attached hydrogen (secondary N) is 1. The van der Waals surface area contributed by atoms with Crippen LogP contribution in [0.3, 0.4) is 0 Å². The summed E-state index contributed by atoms with van der Waals surface area (Å²) in [7, 11) is 3.90. The smallest absolute Gasteiger partial charge is 0.341 e. The van der Waals surface area contributed by atoms with Crippen molar-refractivity contribution in [1.29, 1.82) is 0 Å². The summed E-state index contributed by atoms with van der Waals surface area (Å²) in [5.41, 5.74) is 1.92. The second-order valence-electron chi connectivity index (χ2n) is 5.63. The summed E-state index contributed by atoms with van der Waals surface area (Å²) in [6, 6.07) is 10.6. The molecule has 0 heterocycles. The van der Waals surface area contributed by atoms with E-state index in [4.69, 9.17) is 39.5 Å². The van der Waals surface area contributed by atoms with Gasteiger partial charge in [0.05, 0.1) is 20.6 Å². The molecule has 1 amide bonds. The van der Waals surface area contributed by atoms with Crippen LogP contribution in [0.15, 0.2) is 36.4 Å². The monoisotopic (exact) mass is 414 g/mol. The van der Waals surface area contributed by atoms with Gasteiger partial charge in [0.2, 0.25) is 0 Å². The van der Waals surface area contributed by atoms with Crippen molar-refractivity contribution in [3.63, 3.8) is 0 Å². The van der Waals surface area contributed by atoms with Crippen LogP contribution >= 0.6 is 34.8 Å². The van der Waals surface area contributed by atoms with E-state index >= 15 is 0 Å². The molecule has 2 rings (SSSR count). The number of carbonyl (C=O) groups excluding carboxylic acids is 2. The van der Waals surface area contributed by atoms with Crippen LogP contribution in [0.1, 0.15) is 15.9 Å². The normalized spacial score (nSPS) is 10.3. The van der Waals surface area contributed by atoms with Crippen molar-refractivity contribution < 1.29 is 14.3 Å². The molecular weight excluding hydrogens is 399 g/mol. The molecule has 26 heavy (non-hydrogen) atoms. The molecule has 138 valence electrons. The lowest BCUT2D eigenvalue weighted by Crippen LogP contribution is -2.28. The van der Waals surface area contributed by atoms with Crippen LogP contribution in [-0.4, -0.2) is 32.6 Å². The van der Waals surface area contributed by atoms with Crippen molar-refractivity contribution in [2.75, 3.05) is 25.6 Å². The molecule has 0 spiro atoms. The third kappa shape index (κ3) is 5.27. The lowest BCUT2D eigenvalue weighted by atomic mass is 10.2. The Labute approximate surface area is 166 Å². The van der Waals surface area contributed by atoms with Gasteiger partial charge < -0.3 is 15.0 Å². The summed E-state index contributed by atoms with van der Waals surface area (Å²) in [5.74, 6) is -1.25. The molecule has 0 saturated heterocycles. The predicted molar refractivity (Wildman–Crippen MR) is 104 cm³/mol. The molecule has 0 unspecified atom stereocenters. The van der Waals surface area contributed by atoms with Crippen molar-refractivity contribution in [3.05, 3.63) is 62.6 Å². The Morgan fingerprint density at radius 2 is 1.62 bits per heavy atom. The highest BCUT2D eigenvalue weighted by Crippen LogP contribution is 2.31. The molecule has 0 aliphatic rings. The van der Waals surface area contributed by atoms with Crippen molar-refractivity contribution >= 4 is 52.4 Å². The van der Waals surface area contributed by atoms with Crippen LogP contribution in [0, 0.1) is 0 Å². The molecule has 0 atom stereocenters. The SMILES string of the molecule is CN(C)c1ccc(CNC(=O)COC(=O)c2c(Cl)ccc(Cl)c2Cl)cc1. The quantitative estimate of drug-likeness (QED) is 0.568. The van der Waals surface area contributed by atoms with Crippen LogP contribution in [-0.2, 0) is 16.1 Å². The Kier molecular flexibility index (Phi) is 7.14. The second-order valence-corrected chi connectivity index (χ2v) is 6.82. The highest BCUT2D eigenvalue weighted by atomic mass is 35.5. The molecule has 0 saturated carbocycles. The first-order valence-electron chi connectivity index (χ1n) is 7.63. The van der Waals surface area contributed by atoms with Crippen molar-refractivity contribution in [1.82, 2.24) is 5.32 Å². The van der Waals surface area contributed by atoms with Gasteiger partial charge in [0.1, 0.15) is 0 Å². The first kappa shape index (κ1) is 20.4. The molecule has 0 fully saturated rings. The number of anilines is 1. The molecule has 2 aromatic rings. The zero-order valence-electron chi connectivity index (χ0n) is 14.2. The first-order chi connectivity index (χ1) is 12.3. The van der Waals surface area contributed by atoms with E-state index < -0.39 is 18.5 Å². The Bertz CT molecular complexity index is 808. The maximum Gasteiger partial charge on any atom is 0.341 e. The summed E-state index contributed by atoms with van der Waals surface area (Å²) in [4.78, 5) is 25.9. The van der Waals surface area contributed by atoms with E-state index in [1.807, 2.05) is 43.3 Å². The maximum absolute atomic E-state index is 12.1. The van der Waals surface area contributed by atoms with Crippen molar-refractivity contribution in [2.45, 2.75) is 6.54 Å². The van der Waals surface area contributed by atoms with E-state index in [1.54, 1.807) is 0 Å². The van der Waals surface area contributed by atoms with Gasteiger partial charge in [-0.15, -0.1) is 0 Å².